The van der Waals surface area contributed by atoms with Crippen LogP contribution >= 0.6 is 0 Å². The van der Waals surface area contributed by atoms with Crippen molar-refractivity contribution in [3.8, 4) is 11.5 Å². The third kappa shape index (κ3) is 3.48. The molecule has 0 aliphatic carbocycles. The number of carbonyl (C=O) groups is 1. The number of carbonyl (C=O) groups excluding carboxylic acids is 1. The average molecular weight is 376 g/mol. The number of hydrogen-bond donors (Lipinski definition) is 2. The molecule has 0 fully saturated rings. The summed E-state index contributed by atoms with van der Waals surface area (Å²) in [5.41, 5.74) is 1.97. The second-order valence-electron chi connectivity index (χ2n) is 5.72. The van der Waals surface area contributed by atoms with Gasteiger partial charge in [-0.15, -0.1) is 0 Å². The molecule has 2 aromatic carbocycles. The molecule has 0 atom stereocenters. The van der Waals surface area contributed by atoms with E-state index in [0.717, 1.165) is 11.0 Å². The highest BCUT2D eigenvalue weighted by Gasteiger charge is 2.17. The fraction of sp³-hybridized carbons (Fsp3) is 0.222. The zero-order valence-electron chi connectivity index (χ0n) is 15.0. The second-order valence-corrected chi connectivity index (χ2v) is 5.72. The maximum Gasteiger partial charge on any atom is 0.319 e. The van der Waals surface area contributed by atoms with E-state index in [2.05, 4.69) is 15.6 Å². The summed E-state index contributed by atoms with van der Waals surface area (Å²) in [6, 6.07) is 5.32. The van der Waals surface area contributed by atoms with Gasteiger partial charge < -0.3 is 24.7 Å². The van der Waals surface area contributed by atoms with E-state index in [9.17, 15) is 13.6 Å². The number of fused-ring (bicyclic) bond motifs is 1. The number of halogens is 2. The lowest BCUT2D eigenvalue weighted by atomic mass is 10.1. The Labute approximate surface area is 153 Å². The number of methoxy groups -OCH3 is 2. The zero-order chi connectivity index (χ0) is 19.6. The lowest BCUT2D eigenvalue weighted by Crippen LogP contribution is -2.29. The highest BCUT2D eigenvalue weighted by Crippen LogP contribution is 2.28. The molecule has 142 valence electrons. The van der Waals surface area contributed by atoms with Gasteiger partial charge in [-0.25, -0.2) is 14.2 Å². The molecule has 9 heteroatoms. The van der Waals surface area contributed by atoms with E-state index in [1.807, 2.05) is 17.7 Å². The van der Waals surface area contributed by atoms with Gasteiger partial charge in [0.25, 0.3) is 0 Å². The topological polar surface area (TPSA) is 77.4 Å². The Morgan fingerprint density at radius 2 is 1.81 bits per heavy atom. The molecule has 1 heterocycles. The number of benzene rings is 2. The summed E-state index contributed by atoms with van der Waals surface area (Å²) in [5.74, 6) is -2.04. The number of rotatable bonds is 5. The molecular weight excluding hydrogens is 358 g/mol. The SMILES string of the molecule is COc1ccc(NC(=O)NCc2c(OC)ccc3ncn(C)c23)c(F)c1F. The molecule has 7 nitrogen and oxygen atoms in total. The molecule has 0 unspecified atom stereocenters. The van der Waals surface area contributed by atoms with E-state index in [-0.39, 0.29) is 18.0 Å². The van der Waals surface area contributed by atoms with Crippen LogP contribution in [0.1, 0.15) is 5.56 Å². The Hall–Kier alpha value is -3.36. The lowest BCUT2D eigenvalue weighted by Gasteiger charge is -2.13. The summed E-state index contributed by atoms with van der Waals surface area (Å²) < 4.78 is 39.6. The second kappa shape index (κ2) is 7.48. The molecule has 3 aromatic rings. The molecule has 2 N–H and O–H groups in total. The predicted molar refractivity (Wildman–Crippen MR) is 96.0 cm³/mol. The molecule has 0 saturated heterocycles. The Balaban J connectivity index is 1.78. The van der Waals surface area contributed by atoms with Crippen molar-refractivity contribution in [1.82, 2.24) is 14.9 Å². The van der Waals surface area contributed by atoms with Gasteiger partial charge in [0.1, 0.15) is 5.75 Å². The third-order valence-electron chi connectivity index (χ3n) is 4.10. The third-order valence-corrected chi connectivity index (χ3v) is 4.10. The molecule has 0 aliphatic heterocycles. The molecule has 27 heavy (non-hydrogen) atoms. The van der Waals surface area contributed by atoms with Crippen molar-refractivity contribution in [2.75, 3.05) is 19.5 Å². The van der Waals surface area contributed by atoms with E-state index in [1.54, 1.807) is 12.4 Å². The Morgan fingerprint density at radius 3 is 2.52 bits per heavy atom. The van der Waals surface area contributed by atoms with Crippen LogP contribution in [0.2, 0.25) is 0 Å². The van der Waals surface area contributed by atoms with Crippen molar-refractivity contribution >= 4 is 22.8 Å². The fourth-order valence-electron chi connectivity index (χ4n) is 2.79. The van der Waals surface area contributed by atoms with E-state index in [1.165, 1.54) is 26.4 Å². The Bertz CT molecular complexity index is 1000. The number of aryl methyl sites for hydroxylation is 1. The molecule has 3 rings (SSSR count). The average Bonchev–Trinajstić information content (AvgIpc) is 3.05. The predicted octanol–water partition coefficient (Wildman–Crippen LogP) is 3.19. The van der Waals surface area contributed by atoms with Crippen LogP contribution in [-0.2, 0) is 13.6 Å². The summed E-state index contributed by atoms with van der Waals surface area (Å²) in [4.78, 5) is 16.4. The van der Waals surface area contributed by atoms with Gasteiger partial charge in [-0.3, -0.25) is 0 Å². The van der Waals surface area contributed by atoms with Crippen molar-refractivity contribution in [2.24, 2.45) is 7.05 Å². The van der Waals surface area contributed by atoms with Gasteiger partial charge in [0.2, 0.25) is 5.82 Å². The summed E-state index contributed by atoms with van der Waals surface area (Å²) in [7, 11) is 4.58. The number of nitrogens with one attached hydrogen (secondary N) is 2. The van der Waals surface area contributed by atoms with Crippen molar-refractivity contribution in [3.05, 3.63) is 47.8 Å². The summed E-state index contributed by atoms with van der Waals surface area (Å²) in [6.07, 6.45) is 1.66. The number of anilines is 1. The molecule has 0 bridgehead atoms. The first-order valence-corrected chi connectivity index (χ1v) is 8.00. The number of imidazole rings is 1. The minimum absolute atomic E-state index is 0.103. The molecule has 2 amide bonds. The van der Waals surface area contributed by atoms with Gasteiger partial charge >= 0.3 is 6.03 Å². The van der Waals surface area contributed by atoms with Crippen LogP contribution in [0.15, 0.2) is 30.6 Å². The summed E-state index contributed by atoms with van der Waals surface area (Å²) in [6.45, 7) is 0.103. The molecular formula is C18H18F2N4O3. The van der Waals surface area contributed by atoms with Crippen LogP contribution in [0.3, 0.4) is 0 Å². The number of urea groups is 1. The molecule has 1 aromatic heterocycles. The monoisotopic (exact) mass is 376 g/mol. The lowest BCUT2D eigenvalue weighted by molar-refractivity contribution is 0.251. The zero-order valence-corrected chi connectivity index (χ0v) is 15.0. The van der Waals surface area contributed by atoms with Crippen LogP contribution in [0.5, 0.6) is 11.5 Å². The standard InChI is InChI=1S/C18H18F2N4O3/c1-24-9-22-12-5-6-13(26-2)10(17(12)24)8-21-18(25)23-11-4-7-14(27-3)16(20)15(11)19/h4-7,9H,8H2,1-3H3,(H2,21,23,25). The molecule has 0 saturated carbocycles. The van der Waals surface area contributed by atoms with Crippen molar-refractivity contribution in [3.63, 3.8) is 0 Å². The Morgan fingerprint density at radius 1 is 1.11 bits per heavy atom. The molecule has 0 aliphatic rings. The molecule has 0 spiro atoms. The van der Waals surface area contributed by atoms with Crippen LogP contribution in [-0.4, -0.2) is 29.8 Å². The Kier molecular flexibility index (Phi) is 5.11. The van der Waals surface area contributed by atoms with Crippen LogP contribution in [0, 0.1) is 11.6 Å². The highest BCUT2D eigenvalue weighted by atomic mass is 19.2. The van der Waals surface area contributed by atoms with Gasteiger partial charge in [0.05, 0.1) is 43.8 Å². The largest absolute Gasteiger partial charge is 0.496 e. The van der Waals surface area contributed by atoms with E-state index >= 15 is 0 Å². The minimum atomic E-state index is -1.20. The maximum absolute atomic E-state index is 14.0. The highest BCUT2D eigenvalue weighted by molar-refractivity contribution is 5.90. The number of aromatic nitrogens is 2. The van der Waals surface area contributed by atoms with Gasteiger partial charge in [0, 0.05) is 12.6 Å². The first kappa shape index (κ1) is 18.4. The number of ether oxygens (including phenoxy) is 2. The smallest absolute Gasteiger partial charge is 0.319 e. The summed E-state index contributed by atoms with van der Waals surface area (Å²) >= 11 is 0. The number of hydrogen-bond acceptors (Lipinski definition) is 4. The van der Waals surface area contributed by atoms with Crippen LogP contribution in [0.25, 0.3) is 11.0 Å². The van der Waals surface area contributed by atoms with Crippen molar-refractivity contribution < 1.29 is 23.0 Å². The number of amides is 2. The first-order valence-electron chi connectivity index (χ1n) is 8.00. The quantitative estimate of drug-likeness (QED) is 0.717. The van der Waals surface area contributed by atoms with E-state index in [0.29, 0.717) is 11.3 Å². The molecule has 0 radical (unpaired) electrons. The first-order chi connectivity index (χ1) is 13.0. The van der Waals surface area contributed by atoms with Gasteiger partial charge in [0.15, 0.2) is 11.6 Å². The summed E-state index contributed by atoms with van der Waals surface area (Å²) in [5, 5.41) is 4.90. The van der Waals surface area contributed by atoms with Gasteiger partial charge in [-0.2, -0.15) is 4.39 Å². The van der Waals surface area contributed by atoms with Crippen molar-refractivity contribution in [1.29, 1.82) is 0 Å². The normalized spacial score (nSPS) is 10.7. The minimum Gasteiger partial charge on any atom is -0.496 e. The van der Waals surface area contributed by atoms with Crippen LogP contribution < -0.4 is 20.1 Å². The van der Waals surface area contributed by atoms with E-state index < -0.39 is 17.7 Å². The fourth-order valence-corrected chi connectivity index (χ4v) is 2.79. The van der Waals surface area contributed by atoms with E-state index in [4.69, 9.17) is 9.47 Å². The van der Waals surface area contributed by atoms with Gasteiger partial charge in [-0.1, -0.05) is 0 Å². The van der Waals surface area contributed by atoms with Crippen molar-refractivity contribution in [2.45, 2.75) is 6.54 Å². The number of nitrogens with zero attached hydrogens (tertiary/aromatic N) is 2. The van der Waals surface area contributed by atoms with Gasteiger partial charge in [-0.05, 0) is 24.3 Å². The maximum atomic E-state index is 14.0. The van der Waals surface area contributed by atoms with Crippen LogP contribution in [0.4, 0.5) is 19.3 Å².